The van der Waals surface area contributed by atoms with Crippen molar-refractivity contribution in [1.29, 1.82) is 0 Å². The lowest BCUT2D eigenvalue weighted by Crippen LogP contribution is -2.58. The average molecular weight is 772 g/mol. The molecule has 3 saturated heterocycles. The molecule has 3 fully saturated rings. The number of aromatic hydroxyl groups is 1. The number of phenols is 1. The van der Waals surface area contributed by atoms with E-state index in [0.29, 0.717) is 43.2 Å². The number of carbonyl (C=O) groups is 3. The minimum Gasteiger partial charge on any atom is -0.508 e. The Morgan fingerprint density at radius 1 is 0.825 bits per heavy atom. The van der Waals surface area contributed by atoms with Crippen LogP contribution in [0.1, 0.15) is 65.6 Å². The van der Waals surface area contributed by atoms with Crippen molar-refractivity contribution < 1.29 is 24.2 Å². The molecule has 9 rings (SSSR count). The number of rotatable bonds is 7. The summed E-state index contributed by atoms with van der Waals surface area (Å²) in [6.45, 7) is 7.32. The SMILES string of the molecule is CN(Cc1cc2c(cc1C=O)OCC1CN(CC3CCN(c4ccccc4)CC3)CCN21)C1CCC(=O)NC1=O.Oc1ccc2c(c1)CCCC2.c1ccccc1. The number of anilines is 2. The van der Waals surface area contributed by atoms with E-state index in [1.54, 1.807) is 6.07 Å². The maximum Gasteiger partial charge on any atom is 0.243 e. The van der Waals surface area contributed by atoms with E-state index in [4.69, 9.17) is 4.74 Å². The van der Waals surface area contributed by atoms with Crippen LogP contribution in [0, 0.1) is 5.92 Å². The molecule has 2 amide bonds. The number of hydrogen-bond donors (Lipinski definition) is 2. The molecule has 0 aromatic heterocycles. The minimum absolute atomic E-state index is 0.225. The van der Waals surface area contributed by atoms with E-state index < -0.39 is 0 Å². The third kappa shape index (κ3) is 10.4. The van der Waals surface area contributed by atoms with Crippen molar-refractivity contribution in [2.24, 2.45) is 5.92 Å². The number of piperidine rings is 2. The number of para-hydroxylation sites is 1. The molecular formula is C47H57N5O5. The molecule has 10 heteroatoms. The second-order valence-electron chi connectivity index (χ2n) is 16.0. The molecule has 57 heavy (non-hydrogen) atoms. The molecule has 1 aliphatic carbocycles. The van der Waals surface area contributed by atoms with Crippen molar-refractivity contribution in [3.8, 4) is 11.5 Å². The summed E-state index contributed by atoms with van der Waals surface area (Å²) in [4.78, 5) is 45.4. The van der Waals surface area contributed by atoms with Crippen LogP contribution < -0.4 is 19.9 Å². The maximum atomic E-state index is 12.4. The van der Waals surface area contributed by atoms with Crippen molar-refractivity contribution in [1.82, 2.24) is 15.1 Å². The third-order valence-corrected chi connectivity index (χ3v) is 12.1. The molecule has 4 aliphatic heterocycles. The van der Waals surface area contributed by atoms with Gasteiger partial charge in [0.1, 0.15) is 18.1 Å². The summed E-state index contributed by atoms with van der Waals surface area (Å²) in [6, 6.07) is 32.2. The van der Waals surface area contributed by atoms with Gasteiger partial charge in [0.15, 0.2) is 6.29 Å². The van der Waals surface area contributed by atoms with Crippen LogP contribution in [-0.4, -0.2) is 98.0 Å². The van der Waals surface area contributed by atoms with Gasteiger partial charge in [0.2, 0.25) is 11.8 Å². The van der Waals surface area contributed by atoms with Crippen LogP contribution in [0.5, 0.6) is 11.5 Å². The zero-order chi connectivity index (χ0) is 39.6. The smallest absolute Gasteiger partial charge is 0.243 e. The number of piperazine rings is 1. The number of aryl methyl sites for hydroxylation is 2. The standard InChI is InChI=1S/C31H39N5O4.C10H12O.C6H6/c1-33(27-7-8-30(38)32-31(27)39)18-23-15-28-29(16-24(23)20-37)40-21-26-19-34(13-14-36(26)28)17-22-9-11-35(12-10-22)25-5-3-2-4-6-25;11-10-6-5-8-3-1-2-4-9(8)7-10;1-2-4-6-5-3-1/h2-6,15-16,20,22,26-27H,7-14,17-19,21H2,1H3,(H,32,38,39);5-7,11H,1-4H2;1-6H. The van der Waals surface area contributed by atoms with Gasteiger partial charge in [0.05, 0.1) is 17.8 Å². The molecule has 0 bridgehead atoms. The van der Waals surface area contributed by atoms with Gasteiger partial charge in [-0.15, -0.1) is 0 Å². The Balaban J connectivity index is 0.000000238. The first-order valence-corrected chi connectivity index (χ1v) is 20.7. The van der Waals surface area contributed by atoms with Crippen molar-refractivity contribution in [3.05, 3.63) is 119 Å². The second kappa shape index (κ2) is 19.3. The van der Waals surface area contributed by atoms with Crippen LogP contribution in [0.4, 0.5) is 11.4 Å². The molecule has 2 atom stereocenters. The third-order valence-electron chi connectivity index (χ3n) is 12.1. The van der Waals surface area contributed by atoms with Crippen LogP contribution >= 0.6 is 0 Å². The number of nitrogens with zero attached hydrogens (tertiary/aromatic N) is 4. The lowest BCUT2D eigenvalue weighted by molar-refractivity contribution is -0.137. The zero-order valence-electron chi connectivity index (χ0n) is 33.2. The fraction of sp³-hybridized carbons (Fsp3) is 0.426. The lowest BCUT2D eigenvalue weighted by Gasteiger charge is -2.47. The molecule has 300 valence electrons. The quantitative estimate of drug-likeness (QED) is 0.161. The van der Waals surface area contributed by atoms with Crippen LogP contribution in [0.2, 0.25) is 0 Å². The summed E-state index contributed by atoms with van der Waals surface area (Å²) in [5.41, 5.74) is 6.58. The predicted octanol–water partition coefficient (Wildman–Crippen LogP) is 6.49. The Morgan fingerprint density at radius 2 is 1.53 bits per heavy atom. The Kier molecular flexibility index (Phi) is 13.6. The minimum atomic E-state index is -0.389. The number of phenolic OH excluding ortho intramolecular Hbond substituents is 1. The summed E-state index contributed by atoms with van der Waals surface area (Å²) in [7, 11) is 1.87. The Morgan fingerprint density at radius 3 is 2.23 bits per heavy atom. The largest absolute Gasteiger partial charge is 0.508 e. The molecule has 2 N–H and O–H groups in total. The molecule has 4 heterocycles. The van der Waals surface area contributed by atoms with Crippen LogP contribution in [0.25, 0.3) is 0 Å². The van der Waals surface area contributed by atoms with E-state index in [0.717, 1.165) is 69.0 Å². The Hall–Kier alpha value is -5.19. The molecule has 10 nitrogen and oxygen atoms in total. The summed E-state index contributed by atoms with van der Waals surface area (Å²) in [5.74, 6) is 1.39. The van der Waals surface area contributed by atoms with Gasteiger partial charge in [-0.3, -0.25) is 29.5 Å². The number of carbonyl (C=O) groups excluding carboxylic acids is 3. The highest BCUT2D eigenvalue weighted by Crippen LogP contribution is 2.38. The first-order valence-electron chi connectivity index (χ1n) is 20.7. The highest BCUT2D eigenvalue weighted by Gasteiger charge is 2.35. The van der Waals surface area contributed by atoms with Gasteiger partial charge in [-0.1, -0.05) is 60.7 Å². The number of benzene rings is 4. The second-order valence-corrected chi connectivity index (χ2v) is 16.0. The van der Waals surface area contributed by atoms with Gasteiger partial charge in [0.25, 0.3) is 0 Å². The number of fused-ring (bicyclic) bond motifs is 4. The number of nitrogens with one attached hydrogen (secondary N) is 1. The molecule has 0 radical (unpaired) electrons. The van der Waals surface area contributed by atoms with Gasteiger partial charge < -0.3 is 19.6 Å². The fourth-order valence-electron chi connectivity index (χ4n) is 8.91. The van der Waals surface area contributed by atoms with Crippen molar-refractivity contribution in [3.63, 3.8) is 0 Å². The number of aldehydes is 1. The van der Waals surface area contributed by atoms with Crippen molar-refractivity contribution in [2.45, 2.75) is 70.0 Å². The Bertz CT molecular complexity index is 1920. The predicted molar refractivity (Wildman–Crippen MR) is 225 cm³/mol. The van der Waals surface area contributed by atoms with E-state index in [-0.39, 0.29) is 23.9 Å². The summed E-state index contributed by atoms with van der Waals surface area (Å²) in [5, 5.41) is 11.6. The number of imide groups is 1. The van der Waals surface area contributed by atoms with Gasteiger partial charge in [0, 0.05) is 63.5 Å². The number of hydrogen-bond acceptors (Lipinski definition) is 9. The van der Waals surface area contributed by atoms with E-state index in [1.807, 2.05) is 66.5 Å². The maximum absolute atomic E-state index is 12.4. The molecule has 4 aromatic carbocycles. The zero-order valence-corrected chi connectivity index (χ0v) is 33.2. The van der Waals surface area contributed by atoms with Crippen molar-refractivity contribution >= 4 is 29.5 Å². The van der Waals surface area contributed by atoms with E-state index in [9.17, 15) is 19.5 Å². The van der Waals surface area contributed by atoms with Crippen molar-refractivity contribution in [2.75, 3.05) is 62.7 Å². The number of amides is 2. The number of ether oxygens (including phenoxy) is 1. The highest BCUT2D eigenvalue weighted by atomic mass is 16.5. The van der Waals surface area contributed by atoms with E-state index in [2.05, 4.69) is 56.4 Å². The van der Waals surface area contributed by atoms with Gasteiger partial charge in [-0.2, -0.15) is 0 Å². The summed E-state index contributed by atoms with van der Waals surface area (Å²) >= 11 is 0. The molecular weight excluding hydrogens is 715 g/mol. The average Bonchev–Trinajstić information content (AvgIpc) is 3.25. The lowest BCUT2D eigenvalue weighted by atomic mass is 9.92. The molecule has 4 aromatic rings. The van der Waals surface area contributed by atoms with Crippen LogP contribution in [-0.2, 0) is 29.0 Å². The van der Waals surface area contributed by atoms with E-state index in [1.165, 1.54) is 48.9 Å². The van der Waals surface area contributed by atoms with Gasteiger partial charge in [-0.25, -0.2) is 0 Å². The first kappa shape index (κ1) is 40.0. The fourth-order valence-corrected chi connectivity index (χ4v) is 8.91. The van der Waals surface area contributed by atoms with Crippen LogP contribution in [0.15, 0.2) is 97.1 Å². The number of likely N-dealkylation sites (N-methyl/N-ethyl adjacent to an activating group) is 1. The topological polar surface area (TPSA) is 106 Å². The molecule has 0 spiro atoms. The molecule has 5 aliphatic rings. The van der Waals surface area contributed by atoms with Crippen LogP contribution in [0.3, 0.4) is 0 Å². The van der Waals surface area contributed by atoms with Gasteiger partial charge >= 0.3 is 0 Å². The highest BCUT2D eigenvalue weighted by molar-refractivity contribution is 6.00. The first-order chi connectivity index (χ1) is 27.8. The molecule has 0 saturated carbocycles. The normalized spacial score (nSPS) is 20.7. The summed E-state index contributed by atoms with van der Waals surface area (Å²) in [6.07, 6.45) is 9.03. The van der Waals surface area contributed by atoms with Gasteiger partial charge in [-0.05, 0) is 111 Å². The molecule has 2 unspecified atom stereocenters. The summed E-state index contributed by atoms with van der Waals surface area (Å²) < 4.78 is 6.19. The monoisotopic (exact) mass is 771 g/mol. The Labute approximate surface area is 337 Å². The van der Waals surface area contributed by atoms with E-state index >= 15 is 0 Å².